The van der Waals surface area contributed by atoms with Crippen molar-refractivity contribution in [3.8, 4) is 11.3 Å². The average molecular weight is 408 g/mol. The zero-order valence-electron chi connectivity index (χ0n) is 16.1. The summed E-state index contributed by atoms with van der Waals surface area (Å²) in [5.41, 5.74) is 9.11. The van der Waals surface area contributed by atoms with Crippen LogP contribution in [-0.2, 0) is 0 Å². The number of halogens is 1. The van der Waals surface area contributed by atoms with Crippen molar-refractivity contribution >= 4 is 34.2 Å². The van der Waals surface area contributed by atoms with Crippen LogP contribution >= 0.6 is 0 Å². The first kappa shape index (κ1) is 19.6. The third kappa shape index (κ3) is 3.87. The number of carbonyl (C=O) groups is 1. The van der Waals surface area contributed by atoms with Crippen LogP contribution in [0.4, 0.5) is 20.7 Å². The Morgan fingerprint density at radius 2 is 1.97 bits per heavy atom. The number of anilines is 2. The fourth-order valence-corrected chi connectivity index (χ4v) is 3.34. The Hall–Kier alpha value is -3.72. The third-order valence-electron chi connectivity index (χ3n) is 4.71. The van der Waals surface area contributed by atoms with E-state index in [4.69, 9.17) is 10.8 Å². The molecule has 0 fully saturated rings. The number of primary amides is 1. The van der Waals surface area contributed by atoms with Gasteiger partial charge in [-0.1, -0.05) is 12.1 Å². The maximum absolute atomic E-state index is 14.0. The van der Waals surface area contributed by atoms with Gasteiger partial charge in [0, 0.05) is 30.5 Å². The minimum absolute atomic E-state index is 0.135. The predicted molar refractivity (Wildman–Crippen MR) is 114 cm³/mol. The van der Waals surface area contributed by atoms with Gasteiger partial charge in [-0.15, -0.1) is 0 Å². The zero-order valence-corrected chi connectivity index (χ0v) is 16.1. The van der Waals surface area contributed by atoms with Crippen molar-refractivity contribution in [1.82, 2.24) is 14.4 Å². The lowest BCUT2D eigenvalue weighted by atomic mass is 10.1. The minimum atomic E-state index is -0.637. The molecule has 8 nitrogen and oxygen atoms in total. The predicted octanol–water partition coefficient (Wildman–Crippen LogP) is 3.36. The molecule has 5 N–H and O–H groups in total. The highest BCUT2D eigenvalue weighted by atomic mass is 19.1. The van der Waals surface area contributed by atoms with Gasteiger partial charge in [0.1, 0.15) is 5.82 Å². The fourth-order valence-electron chi connectivity index (χ4n) is 3.34. The monoisotopic (exact) mass is 408 g/mol. The molecule has 0 aliphatic heterocycles. The SMILES string of the molecule is NC(=O)Nc1ccc(-c2cnc3c(NCCCCO)nc4ccc(F)cc4n23)cc1. The zero-order chi connectivity index (χ0) is 21.1. The number of carbonyl (C=O) groups excluding carboxylic acids is 1. The Labute approximate surface area is 171 Å². The van der Waals surface area contributed by atoms with Crippen LogP contribution in [0.15, 0.2) is 48.7 Å². The molecule has 2 amide bonds. The number of aliphatic hydroxyl groups excluding tert-OH is 1. The standard InChI is InChI=1S/C21H21FN6O2/c22-14-5-8-16-17(11-14)28-18(13-3-6-15(7-4-13)26-21(23)30)12-25-20(28)19(27-16)24-9-1-2-10-29/h3-8,11-12,29H,1-2,9-10H2,(H,24,27)(H3,23,26,30). The van der Waals surface area contributed by atoms with Crippen molar-refractivity contribution < 1.29 is 14.3 Å². The molecule has 0 saturated carbocycles. The van der Waals surface area contributed by atoms with Crippen molar-refractivity contribution in [2.75, 3.05) is 23.8 Å². The van der Waals surface area contributed by atoms with E-state index in [2.05, 4.69) is 20.6 Å². The molecule has 0 saturated heterocycles. The number of hydrogen-bond donors (Lipinski definition) is 4. The molecule has 2 aromatic heterocycles. The largest absolute Gasteiger partial charge is 0.396 e. The summed E-state index contributed by atoms with van der Waals surface area (Å²) in [5, 5.41) is 14.8. The van der Waals surface area contributed by atoms with Crippen LogP contribution in [0, 0.1) is 5.82 Å². The van der Waals surface area contributed by atoms with Crippen LogP contribution in [0.2, 0.25) is 0 Å². The molecule has 0 aliphatic carbocycles. The number of nitrogens with one attached hydrogen (secondary N) is 2. The molecule has 0 atom stereocenters. The van der Waals surface area contributed by atoms with E-state index in [9.17, 15) is 9.18 Å². The first-order chi connectivity index (χ1) is 14.6. The first-order valence-electron chi connectivity index (χ1n) is 9.55. The number of nitrogens with two attached hydrogens (primary N) is 1. The number of fused-ring (bicyclic) bond motifs is 3. The molecule has 154 valence electrons. The van der Waals surface area contributed by atoms with Crippen LogP contribution in [-0.4, -0.2) is 38.7 Å². The normalized spacial score (nSPS) is 11.1. The Kier molecular flexibility index (Phi) is 5.44. The number of unbranched alkanes of at least 4 members (excludes halogenated alkanes) is 1. The summed E-state index contributed by atoms with van der Waals surface area (Å²) in [6.07, 6.45) is 3.18. The molecule has 4 rings (SSSR count). The highest BCUT2D eigenvalue weighted by Crippen LogP contribution is 2.29. The second-order valence-corrected chi connectivity index (χ2v) is 6.82. The third-order valence-corrected chi connectivity index (χ3v) is 4.71. The van der Waals surface area contributed by atoms with Gasteiger partial charge in [-0.05, 0) is 37.1 Å². The average Bonchev–Trinajstić information content (AvgIpc) is 3.17. The van der Waals surface area contributed by atoms with Gasteiger partial charge in [-0.2, -0.15) is 0 Å². The van der Waals surface area contributed by atoms with Gasteiger partial charge < -0.3 is 21.5 Å². The van der Waals surface area contributed by atoms with Gasteiger partial charge in [-0.25, -0.2) is 19.2 Å². The number of benzene rings is 2. The van der Waals surface area contributed by atoms with E-state index in [1.165, 1.54) is 12.1 Å². The van der Waals surface area contributed by atoms with Gasteiger partial charge in [0.15, 0.2) is 11.5 Å². The number of aromatic nitrogens is 3. The number of urea groups is 1. The second kappa shape index (κ2) is 8.34. The molecule has 2 aromatic carbocycles. The minimum Gasteiger partial charge on any atom is -0.396 e. The number of rotatable bonds is 7. The number of nitrogens with zero attached hydrogens (tertiary/aromatic N) is 3. The Bertz CT molecular complexity index is 1210. The van der Waals surface area contributed by atoms with Crippen LogP contribution in [0.3, 0.4) is 0 Å². The van der Waals surface area contributed by atoms with E-state index in [0.29, 0.717) is 41.2 Å². The van der Waals surface area contributed by atoms with Crippen molar-refractivity contribution in [3.63, 3.8) is 0 Å². The molecule has 9 heteroatoms. The summed E-state index contributed by atoms with van der Waals surface area (Å²) in [7, 11) is 0. The van der Waals surface area contributed by atoms with E-state index in [0.717, 1.165) is 17.7 Å². The summed E-state index contributed by atoms with van der Waals surface area (Å²) in [4.78, 5) is 20.2. The van der Waals surface area contributed by atoms with Crippen molar-refractivity contribution in [2.24, 2.45) is 5.73 Å². The van der Waals surface area contributed by atoms with Crippen LogP contribution in [0.1, 0.15) is 12.8 Å². The van der Waals surface area contributed by atoms with Gasteiger partial charge in [0.2, 0.25) is 0 Å². The molecule has 2 heterocycles. The van der Waals surface area contributed by atoms with Gasteiger partial charge >= 0.3 is 6.03 Å². The molecule has 4 aromatic rings. The van der Waals surface area contributed by atoms with E-state index in [-0.39, 0.29) is 12.4 Å². The maximum atomic E-state index is 14.0. The summed E-state index contributed by atoms with van der Waals surface area (Å²) < 4.78 is 15.9. The number of imidazole rings is 1. The topological polar surface area (TPSA) is 118 Å². The lowest BCUT2D eigenvalue weighted by Crippen LogP contribution is -2.19. The summed E-state index contributed by atoms with van der Waals surface area (Å²) in [6, 6.07) is 10.9. The van der Waals surface area contributed by atoms with Crippen molar-refractivity contribution in [3.05, 3.63) is 54.5 Å². The molecule has 0 aliphatic rings. The fraction of sp³-hybridized carbons (Fsp3) is 0.190. The smallest absolute Gasteiger partial charge is 0.316 e. The van der Waals surface area contributed by atoms with Crippen molar-refractivity contribution in [1.29, 1.82) is 0 Å². The Morgan fingerprint density at radius 1 is 1.17 bits per heavy atom. The van der Waals surface area contributed by atoms with E-state index in [1.54, 1.807) is 24.4 Å². The van der Waals surface area contributed by atoms with Gasteiger partial charge in [0.25, 0.3) is 0 Å². The molecule has 0 radical (unpaired) electrons. The van der Waals surface area contributed by atoms with E-state index < -0.39 is 6.03 Å². The highest BCUT2D eigenvalue weighted by molar-refractivity contribution is 5.89. The quantitative estimate of drug-likeness (QED) is 0.350. The number of amides is 2. The van der Waals surface area contributed by atoms with Gasteiger partial charge in [-0.3, -0.25) is 4.40 Å². The summed E-state index contributed by atoms with van der Waals surface area (Å²) in [5.74, 6) is 0.222. The molecule has 0 bridgehead atoms. The Balaban J connectivity index is 1.82. The molecule has 0 unspecified atom stereocenters. The first-order valence-corrected chi connectivity index (χ1v) is 9.55. The van der Waals surface area contributed by atoms with Crippen LogP contribution in [0.25, 0.3) is 27.9 Å². The molecule has 30 heavy (non-hydrogen) atoms. The lowest BCUT2D eigenvalue weighted by molar-refractivity contribution is 0.259. The number of hydrogen-bond acceptors (Lipinski definition) is 5. The lowest BCUT2D eigenvalue weighted by Gasteiger charge is -2.12. The maximum Gasteiger partial charge on any atom is 0.316 e. The van der Waals surface area contributed by atoms with E-state index in [1.807, 2.05) is 16.5 Å². The second-order valence-electron chi connectivity index (χ2n) is 6.82. The molecular weight excluding hydrogens is 387 g/mol. The van der Waals surface area contributed by atoms with Crippen molar-refractivity contribution in [2.45, 2.75) is 12.8 Å². The Morgan fingerprint density at radius 3 is 2.70 bits per heavy atom. The number of aliphatic hydroxyl groups is 1. The van der Waals surface area contributed by atoms with Gasteiger partial charge in [0.05, 0.1) is 22.9 Å². The van der Waals surface area contributed by atoms with E-state index >= 15 is 0 Å². The van der Waals surface area contributed by atoms with Crippen LogP contribution in [0.5, 0.6) is 0 Å². The summed E-state index contributed by atoms with van der Waals surface area (Å²) >= 11 is 0. The van der Waals surface area contributed by atoms with Crippen LogP contribution < -0.4 is 16.4 Å². The molecular formula is C21H21FN6O2. The summed E-state index contributed by atoms with van der Waals surface area (Å²) in [6.45, 7) is 0.765. The molecule has 0 spiro atoms. The highest BCUT2D eigenvalue weighted by Gasteiger charge is 2.15.